The van der Waals surface area contributed by atoms with Crippen molar-refractivity contribution >= 4 is 5.91 Å². The highest BCUT2D eigenvalue weighted by atomic mass is 16.6. The summed E-state index contributed by atoms with van der Waals surface area (Å²) >= 11 is 0. The summed E-state index contributed by atoms with van der Waals surface area (Å²) in [6, 6.07) is 7.30. The van der Waals surface area contributed by atoms with E-state index in [9.17, 15) is 9.90 Å². The Bertz CT molecular complexity index is 462. The minimum atomic E-state index is -0.606. The Morgan fingerprint density at radius 1 is 1.33 bits per heavy atom. The van der Waals surface area contributed by atoms with Crippen molar-refractivity contribution in [1.29, 1.82) is 0 Å². The molecule has 96 valence electrons. The van der Waals surface area contributed by atoms with E-state index >= 15 is 0 Å². The first-order chi connectivity index (χ1) is 8.74. The van der Waals surface area contributed by atoms with Crippen molar-refractivity contribution in [3.63, 3.8) is 0 Å². The van der Waals surface area contributed by atoms with Gasteiger partial charge in [0.05, 0.1) is 6.10 Å². The molecule has 5 heteroatoms. The lowest BCUT2D eigenvalue weighted by molar-refractivity contribution is -0.140. The third kappa shape index (κ3) is 2.01. The first-order valence-corrected chi connectivity index (χ1v) is 6.09. The van der Waals surface area contributed by atoms with Crippen molar-refractivity contribution in [2.45, 2.75) is 18.6 Å². The smallest absolute Gasteiger partial charge is 0.267 e. The number of carbonyl (C=O) groups is 1. The van der Waals surface area contributed by atoms with E-state index in [0.29, 0.717) is 31.0 Å². The molecule has 2 heterocycles. The molecule has 0 unspecified atom stereocenters. The molecular weight excluding hydrogens is 234 g/mol. The van der Waals surface area contributed by atoms with Crippen LogP contribution >= 0.6 is 0 Å². The normalized spacial score (nSPS) is 26.2. The summed E-state index contributed by atoms with van der Waals surface area (Å²) in [6.07, 6.45) is -0.383. The number of amides is 1. The maximum absolute atomic E-state index is 12.2. The summed E-state index contributed by atoms with van der Waals surface area (Å²) in [6.45, 7) is 1.20. The van der Waals surface area contributed by atoms with Gasteiger partial charge in [-0.2, -0.15) is 0 Å². The minimum Gasteiger partial charge on any atom is -0.485 e. The van der Waals surface area contributed by atoms with Crippen molar-refractivity contribution in [1.82, 2.24) is 4.90 Å². The van der Waals surface area contributed by atoms with E-state index in [-0.39, 0.29) is 12.5 Å². The summed E-state index contributed by atoms with van der Waals surface area (Å²) in [4.78, 5) is 13.8. The van der Waals surface area contributed by atoms with Gasteiger partial charge in [0.15, 0.2) is 11.5 Å². The predicted octanol–water partition coefficient (Wildman–Crippen LogP) is 0.420. The highest BCUT2D eigenvalue weighted by molar-refractivity contribution is 5.82. The molecule has 1 aromatic carbocycles. The monoisotopic (exact) mass is 249 g/mol. The number of carbonyl (C=O) groups excluding carboxylic acids is 1. The molecule has 2 atom stereocenters. The van der Waals surface area contributed by atoms with Crippen LogP contribution in [0, 0.1) is 0 Å². The maximum atomic E-state index is 12.2. The quantitative estimate of drug-likeness (QED) is 0.783. The van der Waals surface area contributed by atoms with E-state index in [1.54, 1.807) is 11.0 Å². The number of nitrogens with zero attached hydrogens (tertiary/aromatic N) is 1. The number of para-hydroxylation sites is 2. The lowest BCUT2D eigenvalue weighted by Crippen LogP contribution is -2.45. The van der Waals surface area contributed by atoms with Gasteiger partial charge in [-0.3, -0.25) is 4.79 Å². The van der Waals surface area contributed by atoms with Crippen LogP contribution < -0.4 is 9.47 Å². The molecule has 0 radical (unpaired) electrons. The SMILES string of the molecule is O=C([C@@H]1COc2ccccc2O1)N1CC[C@H](O)C1. The van der Waals surface area contributed by atoms with Gasteiger partial charge in [-0.05, 0) is 18.6 Å². The third-order valence-electron chi connectivity index (χ3n) is 3.26. The second-order valence-corrected chi connectivity index (χ2v) is 4.59. The van der Waals surface area contributed by atoms with Crippen LogP contribution in [0.25, 0.3) is 0 Å². The number of fused-ring (bicyclic) bond motifs is 1. The molecule has 0 spiro atoms. The molecule has 2 aliphatic heterocycles. The Labute approximate surface area is 105 Å². The van der Waals surface area contributed by atoms with E-state index in [4.69, 9.17) is 9.47 Å². The largest absolute Gasteiger partial charge is 0.485 e. The Morgan fingerprint density at radius 3 is 2.83 bits per heavy atom. The van der Waals surface area contributed by atoms with Gasteiger partial charge in [0, 0.05) is 13.1 Å². The van der Waals surface area contributed by atoms with Gasteiger partial charge in [-0.1, -0.05) is 12.1 Å². The van der Waals surface area contributed by atoms with Crippen molar-refractivity contribution in [2.75, 3.05) is 19.7 Å². The highest BCUT2D eigenvalue weighted by Gasteiger charge is 2.34. The van der Waals surface area contributed by atoms with Crippen LogP contribution in [0.4, 0.5) is 0 Å². The second-order valence-electron chi connectivity index (χ2n) is 4.59. The van der Waals surface area contributed by atoms with Gasteiger partial charge >= 0.3 is 0 Å². The van der Waals surface area contributed by atoms with E-state index in [1.807, 2.05) is 18.2 Å². The molecule has 18 heavy (non-hydrogen) atoms. The zero-order valence-electron chi connectivity index (χ0n) is 9.91. The molecule has 1 N–H and O–H groups in total. The minimum absolute atomic E-state index is 0.110. The van der Waals surface area contributed by atoms with E-state index < -0.39 is 12.2 Å². The van der Waals surface area contributed by atoms with Crippen molar-refractivity contribution in [2.24, 2.45) is 0 Å². The Hall–Kier alpha value is -1.75. The van der Waals surface area contributed by atoms with E-state index in [2.05, 4.69) is 0 Å². The average Bonchev–Trinajstić information content (AvgIpc) is 2.84. The first kappa shape index (κ1) is 11.3. The van der Waals surface area contributed by atoms with Crippen LogP contribution in [-0.2, 0) is 4.79 Å². The molecule has 0 aromatic heterocycles. The lowest BCUT2D eigenvalue weighted by atomic mass is 10.2. The van der Waals surface area contributed by atoms with Gasteiger partial charge in [-0.25, -0.2) is 0 Å². The molecule has 1 saturated heterocycles. The van der Waals surface area contributed by atoms with Gasteiger partial charge in [0.25, 0.3) is 5.91 Å². The van der Waals surface area contributed by atoms with Crippen LogP contribution in [0.5, 0.6) is 11.5 Å². The van der Waals surface area contributed by atoms with Crippen molar-refractivity contribution < 1.29 is 19.4 Å². The zero-order valence-corrected chi connectivity index (χ0v) is 9.91. The summed E-state index contributed by atoms with van der Waals surface area (Å²) < 4.78 is 11.2. The third-order valence-corrected chi connectivity index (χ3v) is 3.26. The van der Waals surface area contributed by atoms with E-state index in [0.717, 1.165) is 0 Å². The molecule has 2 aliphatic rings. The number of aliphatic hydroxyl groups is 1. The zero-order chi connectivity index (χ0) is 12.5. The maximum Gasteiger partial charge on any atom is 0.267 e. The Balaban J connectivity index is 1.70. The molecule has 5 nitrogen and oxygen atoms in total. The number of β-amino-alcohol motifs (C(OH)–C–C–N with tert-alkyl or cyclic N) is 1. The molecule has 0 aliphatic carbocycles. The van der Waals surface area contributed by atoms with Crippen LogP contribution in [0.2, 0.25) is 0 Å². The molecule has 1 fully saturated rings. The Kier molecular flexibility index (Phi) is 2.83. The number of benzene rings is 1. The number of hydrogen-bond donors (Lipinski definition) is 1. The fraction of sp³-hybridized carbons (Fsp3) is 0.462. The first-order valence-electron chi connectivity index (χ1n) is 6.09. The van der Waals surface area contributed by atoms with E-state index in [1.165, 1.54) is 0 Å². The van der Waals surface area contributed by atoms with Crippen LogP contribution in [-0.4, -0.2) is 47.8 Å². The number of rotatable bonds is 1. The molecule has 0 bridgehead atoms. The van der Waals surface area contributed by atoms with Gasteiger partial charge in [0.1, 0.15) is 6.61 Å². The van der Waals surface area contributed by atoms with Gasteiger partial charge in [0.2, 0.25) is 6.10 Å². The van der Waals surface area contributed by atoms with Gasteiger partial charge < -0.3 is 19.5 Å². The number of hydrogen-bond acceptors (Lipinski definition) is 4. The molecule has 1 aromatic rings. The summed E-state index contributed by atoms with van der Waals surface area (Å²) in [5.41, 5.74) is 0. The molecule has 3 rings (SSSR count). The standard InChI is InChI=1S/C13H15NO4/c15-9-5-6-14(7-9)13(16)12-8-17-10-3-1-2-4-11(10)18-12/h1-4,9,12,15H,5-8H2/t9-,12-/m0/s1. The number of likely N-dealkylation sites (tertiary alicyclic amines) is 1. The van der Waals surface area contributed by atoms with Crippen LogP contribution in [0.1, 0.15) is 6.42 Å². The Morgan fingerprint density at radius 2 is 2.11 bits per heavy atom. The van der Waals surface area contributed by atoms with Crippen molar-refractivity contribution in [3.8, 4) is 11.5 Å². The topological polar surface area (TPSA) is 59.0 Å². The fourth-order valence-corrected chi connectivity index (χ4v) is 2.29. The van der Waals surface area contributed by atoms with Gasteiger partial charge in [-0.15, -0.1) is 0 Å². The number of aliphatic hydroxyl groups excluding tert-OH is 1. The van der Waals surface area contributed by atoms with Crippen LogP contribution in [0.3, 0.4) is 0 Å². The summed E-state index contributed by atoms with van der Waals surface area (Å²) in [5.74, 6) is 1.16. The lowest BCUT2D eigenvalue weighted by Gasteiger charge is -2.28. The molecule has 0 saturated carbocycles. The van der Waals surface area contributed by atoms with Crippen LogP contribution in [0.15, 0.2) is 24.3 Å². The molecule has 1 amide bonds. The summed E-state index contributed by atoms with van der Waals surface area (Å²) in [7, 11) is 0. The fourth-order valence-electron chi connectivity index (χ4n) is 2.29. The van der Waals surface area contributed by atoms with Crippen molar-refractivity contribution in [3.05, 3.63) is 24.3 Å². The second kappa shape index (κ2) is 4.49. The summed E-state index contributed by atoms with van der Waals surface area (Å²) in [5, 5.41) is 9.44. The average molecular weight is 249 g/mol. The number of ether oxygens (including phenoxy) is 2. The molecular formula is C13H15NO4. The highest BCUT2D eigenvalue weighted by Crippen LogP contribution is 2.31. The predicted molar refractivity (Wildman–Crippen MR) is 63.6 cm³/mol.